The summed E-state index contributed by atoms with van der Waals surface area (Å²) in [5.41, 5.74) is 2.45. The largest absolute Gasteiger partial charge is 0.506 e. The molecule has 0 saturated heterocycles. The molecule has 3 aromatic rings. The zero-order valence-corrected chi connectivity index (χ0v) is 22.5. The van der Waals surface area contributed by atoms with Gasteiger partial charge in [-0.2, -0.15) is 24.9 Å². The first kappa shape index (κ1) is 31.6. The van der Waals surface area contributed by atoms with Crippen LogP contribution in [0.4, 0.5) is 13.2 Å². The van der Waals surface area contributed by atoms with E-state index in [1.807, 2.05) is 11.8 Å². The molecule has 0 unspecified atom stereocenters. The summed E-state index contributed by atoms with van der Waals surface area (Å²) in [4.78, 5) is 25.3. The van der Waals surface area contributed by atoms with Crippen molar-refractivity contribution in [3.63, 3.8) is 0 Å². The molecule has 13 heteroatoms. The van der Waals surface area contributed by atoms with Gasteiger partial charge in [0.15, 0.2) is 0 Å². The number of carbonyl (C=O) groups is 1. The highest BCUT2D eigenvalue weighted by Gasteiger charge is 2.38. The van der Waals surface area contributed by atoms with Crippen LogP contribution in [-0.2, 0) is 11.2 Å². The summed E-state index contributed by atoms with van der Waals surface area (Å²) in [5, 5.41) is 30.8. The average Bonchev–Trinajstić information content (AvgIpc) is 3.27. The molecule has 3 rings (SSSR count). The molecule has 0 amide bonds. The van der Waals surface area contributed by atoms with Crippen LogP contribution >= 0.6 is 23.1 Å². The van der Waals surface area contributed by atoms with E-state index in [9.17, 15) is 28.2 Å². The molecule has 38 heavy (non-hydrogen) atoms. The minimum absolute atomic E-state index is 0.0272. The molecule has 2 aromatic carbocycles. The number of aliphatic hydroxyl groups is 1. The van der Waals surface area contributed by atoms with Crippen LogP contribution in [-0.4, -0.2) is 82.1 Å². The van der Waals surface area contributed by atoms with Crippen LogP contribution in [0, 0.1) is 0 Å². The molecule has 210 valence electrons. The Morgan fingerprint density at radius 3 is 2.50 bits per heavy atom. The first-order valence-corrected chi connectivity index (χ1v) is 13.8. The number of phenols is 1. The van der Waals surface area contributed by atoms with Crippen molar-refractivity contribution in [2.24, 2.45) is 0 Å². The highest BCUT2D eigenvalue weighted by atomic mass is 32.2. The number of H-pyrrole nitrogens is 1. The van der Waals surface area contributed by atoms with Crippen LogP contribution in [0.25, 0.3) is 10.2 Å². The van der Waals surface area contributed by atoms with Crippen LogP contribution < -0.4 is 10.2 Å². The predicted octanol–water partition coefficient (Wildman–Crippen LogP) is 3.85. The Morgan fingerprint density at radius 2 is 1.84 bits per heavy atom. The third-order valence-electron chi connectivity index (χ3n) is 5.40. The van der Waals surface area contributed by atoms with Gasteiger partial charge in [-0.25, -0.2) is 4.79 Å². The molecule has 0 fully saturated rings. The molecule has 1 aromatic heterocycles. The number of aliphatic carboxylic acids is 1. The molecule has 0 aliphatic carbocycles. The number of aromatic amines is 1. The number of phenolic OH excluding ortho intramolecular Hbond substituents is 1. The van der Waals surface area contributed by atoms with Gasteiger partial charge in [0.05, 0.1) is 10.8 Å². The fraction of sp³-hybridized carbons (Fsp3) is 0.440. The molecular formula is C25H32F3N3O5S2. The van der Waals surface area contributed by atoms with Crippen molar-refractivity contribution in [3.8, 4) is 5.75 Å². The highest BCUT2D eigenvalue weighted by molar-refractivity contribution is 7.99. The number of rotatable bonds is 13. The van der Waals surface area contributed by atoms with E-state index in [0.29, 0.717) is 22.3 Å². The lowest BCUT2D eigenvalue weighted by molar-refractivity contribution is -0.192. The Hall–Kier alpha value is -2.58. The third-order valence-corrected chi connectivity index (χ3v) is 7.41. The van der Waals surface area contributed by atoms with E-state index in [2.05, 4.69) is 52.6 Å². The number of thioether (sulfide) groups is 1. The summed E-state index contributed by atoms with van der Waals surface area (Å²) >= 11 is 2.93. The maximum absolute atomic E-state index is 11.6. The van der Waals surface area contributed by atoms with Crippen molar-refractivity contribution in [1.82, 2.24) is 15.2 Å². The van der Waals surface area contributed by atoms with E-state index in [0.717, 1.165) is 55.3 Å². The number of hydrogen-bond donors (Lipinski definition) is 5. The van der Waals surface area contributed by atoms with E-state index in [4.69, 9.17) is 9.90 Å². The molecule has 0 bridgehead atoms. The number of aromatic nitrogens is 1. The molecular weight excluding hydrogens is 543 g/mol. The Kier molecular flexibility index (Phi) is 13.1. The Labute approximate surface area is 226 Å². The normalized spacial score (nSPS) is 12.4. The van der Waals surface area contributed by atoms with Crippen LogP contribution in [0.15, 0.2) is 47.3 Å². The van der Waals surface area contributed by atoms with Gasteiger partial charge in [-0.3, -0.25) is 4.79 Å². The van der Waals surface area contributed by atoms with E-state index in [1.54, 1.807) is 6.07 Å². The number of aromatic hydroxyl groups is 1. The van der Waals surface area contributed by atoms with Gasteiger partial charge in [0, 0.05) is 31.0 Å². The fourth-order valence-corrected chi connectivity index (χ4v) is 5.15. The van der Waals surface area contributed by atoms with Gasteiger partial charge in [-0.05, 0) is 43.8 Å². The summed E-state index contributed by atoms with van der Waals surface area (Å²) in [5.74, 6) is -0.620. The van der Waals surface area contributed by atoms with Crippen LogP contribution in [0.1, 0.15) is 23.7 Å². The minimum Gasteiger partial charge on any atom is -0.506 e. The highest BCUT2D eigenvalue weighted by Crippen LogP contribution is 2.31. The molecule has 1 heterocycles. The monoisotopic (exact) mass is 575 g/mol. The second-order valence-electron chi connectivity index (χ2n) is 8.42. The van der Waals surface area contributed by atoms with Crippen LogP contribution in [0.3, 0.4) is 0 Å². The topological polar surface area (TPSA) is 126 Å². The first-order valence-electron chi connectivity index (χ1n) is 11.8. The number of hydrogen-bond acceptors (Lipinski definition) is 8. The van der Waals surface area contributed by atoms with Crippen molar-refractivity contribution in [3.05, 3.63) is 63.3 Å². The van der Waals surface area contributed by atoms with E-state index < -0.39 is 18.2 Å². The van der Waals surface area contributed by atoms with Crippen molar-refractivity contribution in [2.75, 3.05) is 44.7 Å². The summed E-state index contributed by atoms with van der Waals surface area (Å²) < 4.78 is 32.4. The maximum atomic E-state index is 11.6. The maximum Gasteiger partial charge on any atom is 0.490 e. The first-order chi connectivity index (χ1) is 18.0. The predicted molar refractivity (Wildman–Crippen MR) is 145 cm³/mol. The number of alkyl halides is 3. The number of nitrogens with one attached hydrogen (secondary N) is 2. The van der Waals surface area contributed by atoms with Crippen molar-refractivity contribution in [2.45, 2.75) is 25.1 Å². The van der Waals surface area contributed by atoms with Gasteiger partial charge in [0.1, 0.15) is 11.3 Å². The number of likely N-dealkylation sites (N-methyl/N-ethyl adjacent to an activating group) is 1. The molecule has 0 aliphatic heterocycles. The zero-order valence-electron chi connectivity index (χ0n) is 20.8. The number of fused-ring (bicyclic) bond motifs is 1. The van der Waals surface area contributed by atoms with Gasteiger partial charge in [0.25, 0.3) is 0 Å². The van der Waals surface area contributed by atoms with Crippen molar-refractivity contribution in [1.29, 1.82) is 0 Å². The minimum atomic E-state index is -5.08. The van der Waals surface area contributed by atoms with Crippen molar-refractivity contribution < 1.29 is 33.3 Å². The molecule has 5 N–H and O–H groups in total. The average molecular weight is 576 g/mol. The van der Waals surface area contributed by atoms with Gasteiger partial charge in [0.2, 0.25) is 0 Å². The number of halogens is 3. The van der Waals surface area contributed by atoms with Gasteiger partial charge in [-0.1, -0.05) is 47.7 Å². The second kappa shape index (κ2) is 15.7. The fourth-order valence-electron chi connectivity index (χ4n) is 3.41. The Morgan fingerprint density at radius 1 is 1.16 bits per heavy atom. The van der Waals surface area contributed by atoms with Crippen LogP contribution in [0.2, 0.25) is 0 Å². The van der Waals surface area contributed by atoms with Gasteiger partial charge < -0.3 is 30.5 Å². The molecule has 0 spiro atoms. The number of benzene rings is 2. The lowest BCUT2D eigenvalue weighted by atomic mass is 10.1. The molecule has 8 nitrogen and oxygen atoms in total. The number of carboxylic acid groups (broad SMARTS) is 1. The third kappa shape index (κ3) is 11.0. The lowest BCUT2D eigenvalue weighted by Gasteiger charge is -2.16. The summed E-state index contributed by atoms with van der Waals surface area (Å²) in [7, 11) is 2.18. The van der Waals surface area contributed by atoms with Gasteiger partial charge in [-0.15, -0.1) is 0 Å². The summed E-state index contributed by atoms with van der Waals surface area (Å²) in [6, 6.07) is 13.8. The summed E-state index contributed by atoms with van der Waals surface area (Å²) in [6.45, 7) is 3.40. The number of thiazole rings is 1. The smallest absolute Gasteiger partial charge is 0.490 e. The van der Waals surface area contributed by atoms with Crippen molar-refractivity contribution >= 4 is 39.3 Å². The van der Waals surface area contributed by atoms with Gasteiger partial charge >= 0.3 is 17.0 Å². The number of aliphatic hydroxyl groups excluding tert-OH is 1. The summed E-state index contributed by atoms with van der Waals surface area (Å²) in [6.07, 6.45) is -3.56. The molecule has 1 atom stereocenters. The zero-order chi connectivity index (χ0) is 28.1. The molecule has 0 radical (unpaired) electrons. The van der Waals surface area contributed by atoms with E-state index >= 15 is 0 Å². The standard InChI is InChI=1S/C23H31N3O3S2.C2HF3O2/c1-26(13-10-17-6-3-2-4-7-17)12-5-14-30-15-11-24-16-20(28)18-8-9-19(27)21-22(18)31-23(29)25-21;3-2(4,5)1(6)7/h2-4,6-9,20,24,27-28H,5,10-16H2,1H3,(H,25,29);(H,6,7)/t20-;/m0./s1. The van der Waals surface area contributed by atoms with E-state index in [-0.39, 0.29) is 10.6 Å². The van der Waals surface area contributed by atoms with Crippen LogP contribution in [0.5, 0.6) is 5.75 Å². The Bertz CT molecular complexity index is 1190. The molecule has 0 saturated carbocycles. The lowest BCUT2D eigenvalue weighted by Crippen LogP contribution is -2.24. The second-order valence-corrected chi connectivity index (χ2v) is 10.6. The number of nitrogens with zero attached hydrogens (tertiary/aromatic N) is 1. The Balaban J connectivity index is 0.000000638. The molecule has 0 aliphatic rings. The quantitative estimate of drug-likeness (QED) is 0.195. The van der Waals surface area contributed by atoms with E-state index in [1.165, 1.54) is 11.6 Å². The number of carboxylic acids is 1. The SMILES string of the molecule is CN(CCCSCCNC[C@H](O)c1ccc(O)c2[nH]c(=O)sc12)CCc1ccccc1.O=C(O)C(F)(F)F.